The minimum atomic E-state index is -4.47. The number of alkyl halides is 3. The van der Waals surface area contributed by atoms with Crippen LogP contribution < -0.4 is 10.6 Å². The average Bonchev–Trinajstić information content (AvgIpc) is 2.57. The van der Waals surface area contributed by atoms with E-state index in [0.29, 0.717) is 0 Å². The molecule has 0 saturated heterocycles. The summed E-state index contributed by atoms with van der Waals surface area (Å²) in [5.41, 5.74) is 0.892. The van der Waals surface area contributed by atoms with Gasteiger partial charge in [-0.25, -0.2) is 0 Å². The van der Waals surface area contributed by atoms with Crippen molar-refractivity contribution in [1.82, 2.24) is 15.2 Å². The zero-order valence-corrected chi connectivity index (χ0v) is 13.2. The summed E-state index contributed by atoms with van der Waals surface area (Å²) in [5.74, 6) is 0.339. The number of benzene rings is 2. The van der Waals surface area contributed by atoms with Crippen molar-refractivity contribution in [1.29, 1.82) is 0 Å². The first-order valence-electron chi connectivity index (χ1n) is 7.39. The lowest BCUT2D eigenvalue weighted by molar-refractivity contribution is -0.136. The highest BCUT2D eigenvalue weighted by atomic mass is 19.4. The van der Waals surface area contributed by atoms with Gasteiger partial charge in [0, 0.05) is 5.69 Å². The maximum atomic E-state index is 13.1. The lowest BCUT2D eigenvalue weighted by Gasteiger charge is -2.14. The molecule has 0 saturated carbocycles. The number of nitrogens with zero attached hydrogens (tertiary/aromatic N) is 3. The van der Waals surface area contributed by atoms with E-state index in [4.69, 9.17) is 0 Å². The van der Waals surface area contributed by atoms with Gasteiger partial charge in [0.1, 0.15) is 0 Å². The maximum Gasteiger partial charge on any atom is 0.418 e. The van der Waals surface area contributed by atoms with Gasteiger partial charge in [0.15, 0.2) is 5.82 Å². The van der Waals surface area contributed by atoms with Gasteiger partial charge in [-0.15, -0.1) is 5.10 Å². The summed E-state index contributed by atoms with van der Waals surface area (Å²) in [6.07, 6.45) is -3.21. The number of aromatic nitrogens is 3. The lowest BCUT2D eigenvalue weighted by Crippen LogP contribution is -2.09. The monoisotopic (exact) mass is 345 g/mol. The van der Waals surface area contributed by atoms with Gasteiger partial charge in [0.05, 0.1) is 17.4 Å². The minimum Gasteiger partial charge on any atom is -0.338 e. The second kappa shape index (κ2) is 6.76. The van der Waals surface area contributed by atoms with Crippen LogP contribution in [0.5, 0.6) is 0 Å². The van der Waals surface area contributed by atoms with E-state index >= 15 is 0 Å². The zero-order valence-electron chi connectivity index (χ0n) is 13.2. The molecule has 2 N–H and O–H groups in total. The van der Waals surface area contributed by atoms with E-state index in [9.17, 15) is 13.2 Å². The summed E-state index contributed by atoms with van der Waals surface area (Å²) >= 11 is 0. The summed E-state index contributed by atoms with van der Waals surface area (Å²) in [4.78, 5) is 4.16. The number of halogens is 3. The standard InChI is InChI=1S/C17H14F3N5/c1-11-6-2-4-8-13(11)23-16-24-15(10-21-25-16)22-14-9-5-3-7-12(14)17(18,19)20/h2-10H,1H3,(H2,22,23,24,25). The molecule has 3 rings (SSSR count). The van der Waals surface area contributed by atoms with Gasteiger partial charge in [-0.05, 0) is 30.7 Å². The van der Waals surface area contributed by atoms with Crippen LogP contribution in [0.25, 0.3) is 0 Å². The number of rotatable bonds is 4. The van der Waals surface area contributed by atoms with Gasteiger partial charge in [-0.1, -0.05) is 30.3 Å². The number of para-hydroxylation sites is 2. The van der Waals surface area contributed by atoms with Crippen LogP contribution in [0.2, 0.25) is 0 Å². The Labute approximate surface area is 141 Å². The van der Waals surface area contributed by atoms with E-state index in [0.717, 1.165) is 17.3 Å². The zero-order chi connectivity index (χ0) is 17.9. The highest BCUT2D eigenvalue weighted by Gasteiger charge is 2.33. The van der Waals surface area contributed by atoms with Crippen molar-refractivity contribution in [3.63, 3.8) is 0 Å². The number of hydrogen-bond acceptors (Lipinski definition) is 5. The van der Waals surface area contributed by atoms with E-state index < -0.39 is 11.7 Å². The molecule has 0 bridgehead atoms. The van der Waals surface area contributed by atoms with Crippen LogP contribution in [0.15, 0.2) is 54.7 Å². The van der Waals surface area contributed by atoms with Crippen molar-refractivity contribution >= 4 is 23.1 Å². The molecular formula is C17H14F3N5. The summed E-state index contributed by atoms with van der Waals surface area (Å²) < 4.78 is 39.2. The van der Waals surface area contributed by atoms with Crippen LogP contribution in [0.4, 0.5) is 36.3 Å². The van der Waals surface area contributed by atoms with Crippen molar-refractivity contribution in [3.05, 3.63) is 65.9 Å². The Morgan fingerprint density at radius 2 is 1.56 bits per heavy atom. The quantitative estimate of drug-likeness (QED) is 0.718. The third kappa shape index (κ3) is 4.03. The second-order valence-corrected chi connectivity index (χ2v) is 5.27. The molecule has 0 atom stereocenters. The third-order valence-electron chi connectivity index (χ3n) is 3.45. The SMILES string of the molecule is Cc1ccccc1Nc1nncc(Nc2ccccc2C(F)(F)F)n1. The summed E-state index contributed by atoms with van der Waals surface area (Å²) in [6.45, 7) is 1.91. The average molecular weight is 345 g/mol. The number of hydrogen-bond donors (Lipinski definition) is 2. The van der Waals surface area contributed by atoms with Crippen molar-refractivity contribution < 1.29 is 13.2 Å². The smallest absolute Gasteiger partial charge is 0.338 e. The molecule has 2 aromatic carbocycles. The maximum absolute atomic E-state index is 13.1. The van der Waals surface area contributed by atoms with Crippen LogP contribution in [-0.2, 0) is 6.18 Å². The first-order valence-corrected chi connectivity index (χ1v) is 7.39. The molecule has 128 valence electrons. The van der Waals surface area contributed by atoms with Crippen LogP contribution >= 0.6 is 0 Å². The highest BCUT2D eigenvalue weighted by Crippen LogP contribution is 2.35. The Kier molecular flexibility index (Phi) is 4.51. The molecule has 0 radical (unpaired) electrons. The number of nitrogens with one attached hydrogen (secondary N) is 2. The van der Waals surface area contributed by atoms with Crippen molar-refractivity contribution in [2.45, 2.75) is 13.1 Å². The number of aryl methyl sites for hydroxylation is 1. The van der Waals surface area contributed by atoms with Crippen molar-refractivity contribution in [2.24, 2.45) is 0 Å². The molecule has 1 heterocycles. The molecular weight excluding hydrogens is 331 g/mol. The van der Waals surface area contributed by atoms with Crippen LogP contribution in [0, 0.1) is 6.92 Å². The van der Waals surface area contributed by atoms with E-state index in [1.807, 2.05) is 31.2 Å². The molecule has 0 spiro atoms. The normalized spacial score (nSPS) is 11.2. The predicted molar refractivity (Wildman–Crippen MR) is 89.0 cm³/mol. The third-order valence-corrected chi connectivity index (χ3v) is 3.45. The Balaban J connectivity index is 1.85. The van der Waals surface area contributed by atoms with Gasteiger partial charge < -0.3 is 10.6 Å². The number of anilines is 4. The highest BCUT2D eigenvalue weighted by molar-refractivity contribution is 5.63. The minimum absolute atomic E-state index is 0.0997. The molecule has 8 heteroatoms. The molecule has 1 aromatic heterocycles. The molecule has 25 heavy (non-hydrogen) atoms. The van der Waals surface area contributed by atoms with Crippen LogP contribution in [0.1, 0.15) is 11.1 Å². The molecule has 0 aliphatic heterocycles. The summed E-state index contributed by atoms with van der Waals surface area (Å²) in [5, 5.41) is 13.3. The Morgan fingerprint density at radius 1 is 0.880 bits per heavy atom. The van der Waals surface area contributed by atoms with Gasteiger partial charge in [-0.2, -0.15) is 23.3 Å². The molecule has 5 nitrogen and oxygen atoms in total. The fraction of sp³-hybridized carbons (Fsp3) is 0.118. The van der Waals surface area contributed by atoms with Gasteiger partial charge in [0.2, 0.25) is 5.95 Å². The summed E-state index contributed by atoms with van der Waals surface area (Å²) in [7, 11) is 0. The molecule has 3 aromatic rings. The largest absolute Gasteiger partial charge is 0.418 e. The second-order valence-electron chi connectivity index (χ2n) is 5.27. The molecule has 0 aliphatic rings. The molecule has 0 amide bonds. The Bertz CT molecular complexity index is 880. The molecule has 0 fully saturated rings. The van der Waals surface area contributed by atoms with Crippen LogP contribution in [0.3, 0.4) is 0 Å². The Morgan fingerprint density at radius 3 is 2.28 bits per heavy atom. The van der Waals surface area contributed by atoms with E-state index in [1.54, 1.807) is 0 Å². The Hall–Kier alpha value is -3.16. The molecule has 0 unspecified atom stereocenters. The lowest BCUT2D eigenvalue weighted by atomic mass is 10.1. The van der Waals surface area contributed by atoms with E-state index in [1.165, 1.54) is 24.4 Å². The fourth-order valence-corrected chi connectivity index (χ4v) is 2.23. The van der Waals surface area contributed by atoms with Gasteiger partial charge in [-0.3, -0.25) is 0 Å². The fourth-order valence-electron chi connectivity index (χ4n) is 2.23. The van der Waals surface area contributed by atoms with E-state index in [2.05, 4.69) is 25.8 Å². The van der Waals surface area contributed by atoms with Gasteiger partial charge >= 0.3 is 6.18 Å². The topological polar surface area (TPSA) is 62.7 Å². The predicted octanol–water partition coefficient (Wildman–Crippen LogP) is 4.69. The first kappa shape index (κ1) is 16.7. The summed E-state index contributed by atoms with van der Waals surface area (Å²) in [6, 6.07) is 12.7. The van der Waals surface area contributed by atoms with Crippen LogP contribution in [-0.4, -0.2) is 15.2 Å². The first-order chi connectivity index (χ1) is 11.9. The van der Waals surface area contributed by atoms with Gasteiger partial charge in [0.25, 0.3) is 0 Å². The van der Waals surface area contributed by atoms with E-state index in [-0.39, 0.29) is 17.5 Å². The van der Waals surface area contributed by atoms with Crippen molar-refractivity contribution in [2.75, 3.05) is 10.6 Å². The molecule has 0 aliphatic carbocycles. The van der Waals surface area contributed by atoms with Crippen molar-refractivity contribution in [3.8, 4) is 0 Å².